The number of hydrogen-bond donors (Lipinski definition) is 0. The van der Waals surface area contributed by atoms with Crippen LogP contribution in [0, 0.1) is 0 Å². The minimum Gasteiger partial charge on any atom is -0.207 e. The van der Waals surface area contributed by atoms with E-state index in [-0.39, 0.29) is 0 Å². The Balaban J connectivity index is 1.51. The van der Waals surface area contributed by atoms with E-state index in [0.717, 1.165) is 23.3 Å². The van der Waals surface area contributed by atoms with Crippen LogP contribution in [0.2, 0.25) is 0 Å². The largest absolute Gasteiger partial charge is 0.243 e. The van der Waals surface area contributed by atoms with Crippen LogP contribution in [0.1, 0.15) is 16.5 Å². The van der Waals surface area contributed by atoms with Crippen molar-refractivity contribution in [2.24, 2.45) is 0 Å². The third-order valence-corrected chi connectivity index (χ3v) is 9.12. The Morgan fingerprint density at radius 2 is 1.59 bits per heavy atom. The van der Waals surface area contributed by atoms with Gasteiger partial charge in [-0.1, -0.05) is 48.5 Å². The predicted molar refractivity (Wildman–Crippen MR) is 115 cm³/mol. The zero-order chi connectivity index (χ0) is 18.7. The van der Waals surface area contributed by atoms with Gasteiger partial charge in [-0.15, -0.1) is 11.3 Å². The molecule has 3 aromatic rings. The molecule has 1 unspecified atom stereocenters. The van der Waals surface area contributed by atoms with E-state index in [0.29, 0.717) is 23.2 Å². The molecule has 0 aliphatic carbocycles. The zero-order valence-electron chi connectivity index (χ0n) is 14.8. The Kier molecular flexibility index (Phi) is 5.68. The van der Waals surface area contributed by atoms with Gasteiger partial charge in [-0.25, -0.2) is 8.42 Å². The lowest BCUT2D eigenvalue weighted by molar-refractivity contribution is 0.428. The minimum atomic E-state index is -3.45. The second-order valence-corrected chi connectivity index (χ2v) is 10.7. The standard InChI is InChI=1S/C21H21NO2S3/c23-27(24,19-10-8-18(9-11-19)17-5-2-1-3-6-17)22-13-12-21(26-16-14-22)20-7-4-15-25-20/h1-11,15,21H,12-14,16H2. The number of hydrogen-bond acceptors (Lipinski definition) is 4. The monoisotopic (exact) mass is 415 g/mol. The maximum absolute atomic E-state index is 13.1. The SMILES string of the molecule is O=S(=O)(c1ccc(-c2ccccc2)cc1)N1CCSC(c2cccs2)CC1. The van der Waals surface area contributed by atoms with Crippen molar-refractivity contribution in [1.29, 1.82) is 0 Å². The van der Waals surface area contributed by atoms with Crippen LogP contribution in [0.25, 0.3) is 11.1 Å². The molecule has 0 N–H and O–H groups in total. The van der Waals surface area contributed by atoms with E-state index < -0.39 is 10.0 Å². The van der Waals surface area contributed by atoms with Gasteiger partial charge in [0.15, 0.2) is 0 Å². The van der Waals surface area contributed by atoms with Crippen molar-refractivity contribution in [3.63, 3.8) is 0 Å². The van der Waals surface area contributed by atoms with Crippen LogP contribution in [-0.4, -0.2) is 31.6 Å². The molecule has 0 radical (unpaired) electrons. The second-order valence-electron chi connectivity index (χ2n) is 6.46. The van der Waals surface area contributed by atoms with Crippen molar-refractivity contribution in [3.8, 4) is 11.1 Å². The van der Waals surface area contributed by atoms with E-state index in [2.05, 4.69) is 17.5 Å². The van der Waals surface area contributed by atoms with Crippen molar-refractivity contribution in [2.75, 3.05) is 18.8 Å². The number of rotatable bonds is 4. The fourth-order valence-electron chi connectivity index (χ4n) is 3.29. The number of benzene rings is 2. The summed E-state index contributed by atoms with van der Waals surface area (Å²) in [7, 11) is -3.45. The third-order valence-electron chi connectivity index (χ3n) is 4.76. The molecule has 27 heavy (non-hydrogen) atoms. The van der Waals surface area contributed by atoms with Gasteiger partial charge in [-0.3, -0.25) is 0 Å². The van der Waals surface area contributed by atoms with Crippen LogP contribution in [0.3, 0.4) is 0 Å². The third kappa shape index (κ3) is 4.14. The Labute approximate surface area is 169 Å². The molecule has 0 amide bonds. The highest BCUT2D eigenvalue weighted by molar-refractivity contribution is 7.99. The highest BCUT2D eigenvalue weighted by Gasteiger charge is 2.28. The topological polar surface area (TPSA) is 37.4 Å². The smallest absolute Gasteiger partial charge is 0.207 e. The van der Waals surface area contributed by atoms with Gasteiger partial charge < -0.3 is 0 Å². The molecule has 1 fully saturated rings. The molecule has 0 spiro atoms. The zero-order valence-corrected chi connectivity index (χ0v) is 17.3. The van der Waals surface area contributed by atoms with Crippen molar-refractivity contribution < 1.29 is 8.42 Å². The number of sulfonamides is 1. The number of thioether (sulfide) groups is 1. The highest BCUT2D eigenvalue weighted by Crippen LogP contribution is 2.37. The summed E-state index contributed by atoms with van der Waals surface area (Å²) in [6.45, 7) is 1.13. The molecular formula is C21H21NO2S3. The van der Waals surface area contributed by atoms with Crippen molar-refractivity contribution in [2.45, 2.75) is 16.6 Å². The van der Waals surface area contributed by atoms with Crippen molar-refractivity contribution in [3.05, 3.63) is 77.0 Å². The molecule has 1 saturated heterocycles. The molecule has 1 atom stereocenters. The fourth-order valence-corrected chi connectivity index (χ4v) is 7.10. The van der Waals surface area contributed by atoms with E-state index in [4.69, 9.17) is 0 Å². The highest BCUT2D eigenvalue weighted by atomic mass is 32.2. The van der Waals surface area contributed by atoms with Crippen LogP contribution in [-0.2, 0) is 10.0 Å². The Morgan fingerprint density at radius 3 is 2.30 bits per heavy atom. The summed E-state index contributed by atoms with van der Waals surface area (Å²) in [5.74, 6) is 0.823. The lowest BCUT2D eigenvalue weighted by Crippen LogP contribution is -2.33. The summed E-state index contributed by atoms with van der Waals surface area (Å²) < 4.78 is 27.8. The van der Waals surface area contributed by atoms with Crippen LogP contribution >= 0.6 is 23.1 Å². The summed E-state index contributed by atoms with van der Waals surface area (Å²) in [5.41, 5.74) is 2.12. The first-order chi connectivity index (χ1) is 13.1. The Bertz CT molecular complexity index is 968. The van der Waals surface area contributed by atoms with Gasteiger partial charge in [0.25, 0.3) is 0 Å². The van der Waals surface area contributed by atoms with Gasteiger partial charge in [-0.05, 0) is 41.1 Å². The minimum absolute atomic E-state index is 0.377. The van der Waals surface area contributed by atoms with E-state index in [1.165, 1.54) is 4.88 Å². The molecule has 140 valence electrons. The van der Waals surface area contributed by atoms with E-state index >= 15 is 0 Å². The maximum Gasteiger partial charge on any atom is 0.243 e. The molecule has 4 rings (SSSR count). The van der Waals surface area contributed by atoms with Crippen LogP contribution in [0.5, 0.6) is 0 Å². The van der Waals surface area contributed by atoms with E-state index in [1.54, 1.807) is 27.8 Å². The molecular weight excluding hydrogens is 394 g/mol. The van der Waals surface area contributed by atoms with Crippen molar-refractivity contribution in [1.82, 2.24) is 4.31 Å². The summed E-state index contributed by atoms with van der Waals surface area (Å²) in [4.78, 5) is 1.72. The molecule has 2 aromatic carbocycles. The first kappa shape index (κ1) is 18.7. The average molecular weight is 416 g/mol. The average Bonchev–Trinajstić information content (AvgIpc) is 3.13. The summed E-state index contributed by atoms with van der Waals surface area (Å²) in [6.07, 6.45) is 0.854. The first-order valence-corrected chi connectivity index (χ1v) is 12.3. The Morgan fingerprint density at radius 1 is 0.852 bits per heavy atom. The first-order valence-electron chi connectivity index (χ1n) is 8.95. The number of thiophene rings is 1. The maximum atomic E-state index is 13.1. The van der Waals surface area contributed by atoms with E-state index in [9.17, 15) is 8.42 Å². The molecule has 2 heterocycles. The van der Waals surface area contributed by atoms with Gasteiger partial charge in [0.2, 0.25) is 10.0 Å². The number of nitrogens with zero attached hydrogens (tertiary/aromatic N) is 1. The molecule has 1 aliphatic heterocycles. The predicted octanol–water partition coefficient (Wildman–Crippen LogP) is 5.28. The molecule has 3 nitrogen and oxygen atoms in total. The van der Waals surface area contributed by atoms with Gasteiger partial charge in [0, 0.05) is 29.0 Å². The van der Waals surface area contributed by atoms with Crippen molar-refractivity contribution >= 4 is 33.1 Å². The molecule has 6 heteroatoms. The quantitative estimate of drug-likeness (QED) is 0.581. The fraction of sp³-hybridized carbons (Fsp3) is 0.238. The van der Waals surface area contributed by atoms with Crippen LogP contribution < -0.4 is 0 Å². The molecule has 0 saturated carbocycles. The van der Waals surface area contributed by atoms with Gasteiger partial charge >= 0.3 is 0 Å². The Hall–Kier alpha value is -1.60. The van der Waals surface area contributed by atoms with Crippen LogP contribution in [0.4, 0.5) is 0 Å². The summed E-state index contributed by atoms with van der Waals surface area (Å²) >= 11 is 3.62. The van der Waals surface area contributed by atoms with Crippen LogP contribution in [0.15, 0.2) is 77.0 Å². The normalized spacial score (nSPS) is 18.9. The summed E-state index contributed by atoms with van der Waals surface area (Å²) in [6, 6.07) is 21.5. The van der Waals surface area contributed by atoms with Gasteiger partial charge in [0.05, 0.1) is 4.90 Å². The molecule has 1 aromatic heterocycles. The molecule has 1 aliphatic rings. The van der Waals surface area contributed by atoms with E-state index in [1.807, 2.05) is 54.2 Å². The molecule has 0 bridgehead atoms. The summed E-state index contributed by atoms with van der Waals surface area (Å²) in [5, 5.41) is 2.48. The lowest BCUT2D eigenvalue weighted by Gasteiger charge is -2.20. The van der Waals surface area contributed by atoms with Gasteiger partial charge in [0.1, 0.15) is 0 Å². The van der Waals surface area contributed by atoms with Gasteiger partial charge in [-0.2, -0.15) is 16.1 Å². The lowest BCUT2D eigenvalue weighted by atomic mass is 10.1. The second kappa shape index (κ2) is 8.19.